The third-order valence-corrected chi connectivity index (χ3v) is 4.51. The Hall–Kier alpha value is -1.73. The zero-order chi connectivity index (χ0) is 16.2. The van der Waals surface area contributed by atoms with Gasteiger partial charge in [0.15, 0.2) is 0 Å². The molecule has 0 aliphatic carbocycles. The van der Waals surface area contributed by atoms with Gasteiger partial charge in [0.05, 0.1) is 18.9 Å². The zero-order valence-electron chi connectivity index (χ0n) is 13.6. The molecular formula is C16H24N4O3. The summed E-state index contributed by atoms with van der Waals surface area (Å²) in [6.07, 6.45) is 1.94. The standard InChI is InChI=1S/C16H24N4O3/c1-12-17-14(9-15(18-12)19-5-7-23-8-6-19)13-3-2-4-20(10-13)16(22)11-21/h9,13,21H,2-8,10-11H2,1H3/t13-/m0/s1. The number of aromatic nitrogens is 2. The van der Waals surface area contributed by atoms with Crippen molar-refractivity contribution < 1.29 is 14.6 Å². The van der Waals surface area contributed by atoms with Gasteiger partial charge >= 0.3 is 0 Å². The summed E-state index contributed by atoms with van der Waals surface area (Å²) in [5.41, 5.74) is 0.995. The van der Waals surface area contributed by atoms with E-state index in [1.165, 1.54) is 0 Å². The summed E-state index contributed by atoms with van der Waals surface area (Å²) in [6.45, 7) is 5.96. The van der Waals surface area contributed by atoms with Crippen molar-refractivity contribution in [2.75, 3.05) is 50.9 Å². The molecule has 0 saturated carbocycles. The van der Waals surface area contributed by atoms with Gasteiger partial charge in [0.2, 0.25) is 5.91 Å². The van der Waals surface area contributed by atoms with Gasteiger partial charge in [-0.05, 0) is 19.8 Å². The van der Waals surface area contributed by atoms with Crippen molar-refractivity contribution in [3.05, 3.63) is 17.6 Å². The first-order chi connectivity index (χ1) is 11.2. The van der Waals surface area contributed by atoms with Crippen LogP contribution < -0.4 is 4.90 Å². The van der Waals surface area contributed by atoms with Crippen molar-refractivity contribution in [3.8, 4) is 0 Å². The second kappa shape index (κ2) is 7.23. The molecule has 0 spiro atoms. The number of morpholine rings is 1. The summed E-state index contributed by atoms with van der Waals surface area (Å²) in [7, 11) is 0. The normalized spacial score (nSPS) is 22.3. The minimum Gasteiger partial charge on any atom is -0.387 e. The first-order valence-corrected chi connectivity index (χ1v) is 8.24. The van der Waals surface area contributed by atoms with Crippen LogP contribution >= 0.6 is 0 Å². The number of amides is 1. The molecule has 2 saturated heterocycles. The third kappa shape index (κ3) is 3.79. The van der Waals surface area contributed by atoms with Crippen LogP contribution in [0, 0.1) is 6.92 Å². The van der Waals surface area contributed by atoms with E-state index in [1.807, 2.05) is 6.92 Å². The van der Waals surface area contributed by atoms with E-state index in [2.05, 4.69) is 20.9 Å². The van der Waals surface area contributed by atoms with E-state index < -0.39 is 6.61 Å². The van der Waals surface area contributed by atoms with Crippen LogP contribution in [0.15, 0.2) is 6.07 Å². The van der Waals surface area contributed by atoms with Gasteiger partial charge in [-0.1, -0.05) is 0 Å². The van der Waals surface area contributed by atoms with Gasteiger partial charge in [-0.3, -0.25) is 4.79 Å². The predicted molar refractivity (Wildman–Crippen MR) is 85.4 cm³/mol. The van der Waals surface area contributed by atoms with E-state index in [0.717, 1.165) is 63.0 Å². The number of hydrogen-bond acceptors (Lipinski definition) is 6. The van der Waals surface area contributed by atoms with E-state index in [4.69, 9.17) is 9.84 Å². The second-order valence-corrected chi connectivity index (χ2v) is 6.13. The number of ether oxygens (including phenoxy) is 1. The highest BCUT2D eigenvalue weighted by Gasteiger charge is 2.26. The maximum Gasteiger partial charge on any atom is 0.248 e. The van der Waals surface area contributed by atoms with Crippen LogP contribution in [0.5, 0.6) is 0 Å². The maximum absolute atomic E-state index is 11.7. The maximum atomic E-state index is 11.7. The highest BCUT2D eigenvalue weighted by atomic mass is 16.5. The number of nitrogens with zero attached hydrogens (tertiary/aromatic N) is 4. The van der Waals surface area contributed by atoms with E-state index >= 15 is 0 Å². The molecule has 1 N–H and O–H groups in total. The van der Waals surface area contributed by atoms with Gasteiger partial charge in [-0.25, -0.2) is 9.97 Å². The molecule has 7 nitrogen and oxygen atoms in total. The van der Waals surface area contributed by atoms with Crippen molar-refractivity contribution >= 4 is 11.7 Å². The van der Waals surface area contributed by atoms with Gasteiger partial charge in [-0.2, -0.15) is 0 Å². The number of piperidine rings is 1. The molecule has 23 heavy (non-hydrogen) atoms. The predicted octanol–water partition coefficient (Wildman–Crippen LogP) is 0.320. The third-order valence-electron chi connectivity index (χ3n) is 4.51. The first kappa shape index (κ1) is 16.1. The zero-order valence-corrected chi connectivity index (χ0v) is 13.6. The molecule has 0 unspecified atom stereocenters. The Morgan fingerprint density at radius 2 is 2.13 bits per heavy atom. The Morgan fingerprint density at radius 3 is 2.87 bits per heavy atom. The molecule has 126 valence electrons. The van der Waals surface area contributed by atoms with Crippen LogP contribution in [0.2, 0.25) is 0 Å². The number of aliphatic hydroxyl groups is 1. The summed E-state index contributed by atoms with van der Waals surface area (Å²) in [5, 5.41) is 9.07. The molecule has 0 radical (unpaired) electrons. The molecule has 1 aromatic heterocycles. The lowest BCUT2D eigenvalue weighted by molar-refractivity contribution is -0.135. The number of likely N-dealkylation sites (tertiary alicyclic amines) is 1. The Labute approximate surface area is 136 Å². The van der Waals surface area contributed by atoms with Crippen molar-refractivity contribution in [3.63, 3.8) is 0 Å². The number of rotatable bonds is 3. The SMILES string of the molecule is Cc1nc([C@H]2CCCN(C(=O)CO)C2)cc(N2CCOCC2)n1. The minimum atomic E-state index is -0.422. The van der Waals surface area contributed by atoms with Crippen LogP contribution in [0.1, 0.15) is 30.3 Å². The molecule has 3 heterocycles. The summed E-state index contributed by atoms with van der Waals surface area (Å²) in [5.74, 6) is 1.71. The smallest absolute Gasteiger partial charge is 0.248 e. The summed E-state index contributed by atoms with van der Waals surface area (Å²) in [6, 6.07) is 2.05. The van der Waals surface area contributed by atoms with Crippen LogP contribution in [0.25, 0.3) is 0 Å². The molecule has 1 amide bonds. The lowest BCUT2D eigenvalue weighted by Gasteiger charge is -2.33. The molecule has 0 bridgehead atoms. The molecule has 7 heteroatoms. The van der Waals surface area contributed by atoms with Gasteiger partial charge < -0.3 is 19.6 Å². The monoisotopic (exact) mass is 320 g/mol. The topological polar surface area (TPSA) is 78.8 Å². The molecule has 1 atom stereocenters. The average Bonchev–Trinajstić information content (AvgIpc) is 2.61. The van der Waals surface area contributed by atoms with Crippen LogP contribution in [-0.4, -0.2) is 71.9 Å². The first-order valence-electron chi connectivity index (χ1n) is 8.24. The van der Waals surface area contributed by atoms with Crippen LogP contribution in [0.4, 0.5) is 5.82 Å². The summed E-state index contributed by atoms with van der Waals surface area (Å²) in [4.78, 5) is 24.9. The number of anilines is 1. The quantitative estimate of drug-likeness (QED) is 0.864. The second-order valence-electron chi connectivity index (χ2n) is 6.13. The number of hydrogen-bond donors (Lipinski definition) is 1. The fraction of sp³-hybridized carbons (Fsp3) is 0.688. The fourth-order valence-electron chi connectivity index (χ4n) is 3.28. The van der Waals surface area contributed by atoms with Crippen LogP contribution in [0.3, 0.4) is 0 Å². The number of aryl methyl sites for hydroxylation is 1. The Bertz CT molecular complexity index is 560. The van der Waals surface area contributed by atoms with E-state index in [0.29, 0.717) is 6.54 Å². The fourth-order valence-corrected chi connectivity index (χ4v) is 3.28. The van der Waals surface area contributed by atoms with Crippen molar-refractivity contribution in [1.29, 1.82) is 0 Å². The summed E-state index contributed by atoms with van der Waals surface area (Å²) >= 11 is 0. The molecule has 3 rings (SSSR count). The Balaban J connectivity index is 1.78. The minimum absolute atomic E-state index is 0.200. The highest BCUT2D eigenvalue weighted by molar-refractivity contribution is 5.77. The largest absolute Gasteiger partial charge is 0.387 e. The average molecular weight is 320 g/mol. The Kier molecular flexibility index (Phi) is 5.07. The van der Waals surface area contributed by atoms with E-state index in [-0.39, 0.29) is 11.8 Å². The van der Waals surface area contributed by atoms with Gasteiger partial charge in [0.1, 0.15) is 18.2 Å². The molecule has 0 aromatic carbocycles. The molecule has 1 aromatic rings. The molecule has 2 aliphatic rings. The lowest BCUT2D eigenvalue weighted by Crippen LogP contribution is -2.41. The number of aliphatic hydroxyl groups excluding tert-OH is 1. The van der Waals surface area contributed by atoms with Crippen molar-refractivity contribution in [2.24, 2.45) is 0 Å². The molecule has 2 aliphatic heterocycles. The van der Waals surface area contributed by atoms with Crippen LogP contribution in [-0.2, 0) is 9.53 Å². The highest BCUT2D eigenvalue weighted by Crippen LogP contribution is 2.28. The number of carbonyl (C=O) groups is 1. The van der Waals surface area contributed by atoms with Crippen molar-refractivity contribution in [1.82, 2.24) is 14.9 Å². The molecule has 2 fully saturated rings. The Morgan fingerprint density at radius 1 is 1.35 bits per heavy atom. The van der Waals surface area contributed by atoms with Gasteiger partial charge in [0, 0.05) is 38.2 Å². The van der Waals surface area contributed by atoms with Gasteiger partial charge in [-0.15, -0.1) is 0 Å². The molecular weight excluding hydrogens is 296 g/mol. The lowest BCUT2D eigenvalue weighted by atomic mass is 9.94. The number of carbonyl (C=O) groups excluding carboxylic acids is 1. The van der Waals surface area contributed by atoms with E-state index in [1.54, 1.807) is 4.90 Å². The summed E-state index contributed by atoms with van der Waals surface area (Å²) < 4.78 is 5.40. The van der Waals surface area contributed by atoms with E-state index in [9.17, 15) is 4.79 Å². The van der Waals surface area contributed by atoms with Gasteiger partial charge in [0.25, 0.3) is 0 Å². The van der Waals surface area contributed by atoms with Crippen molar-refractivity contribution in [2.45, 2.75) is 25.7 Å².